The van der Waals surface area contributed by atoms with Crippen LogP contribution >= 0.6 is 11.6 Å². The molecule has 0 bridgehead atoms. The molecule has 2 atom stereocenters. The van der Waals surface area contributed by atoms with Crippen LogP contribution in [0.4, 0.5) is 15.9 Å². The van der Waals surface area contributed by atoms with E-state index in [0.717, 1.165) is 30.5 Å². The van der Waals surface area contributed by atoms with Crippen LogP contribution < -0.4 is 11.1 Å². The van der Waals surface area contributed by atoms with E-state index in [0.29, 0.717) is 47.7 Å². The van der Waals surface area contributed by atoms with Gasteiger partial charge in [0.05, 0.1) is 22.5 Å². The van der Waals surface area contributed by atoms with Gasteiger partial charge in [-0.2, -0.15) is 5.10 Å². The number of nitrogens with two attached hydrogens (primary N) is 1. The first-order valence-corrected chi connectivity index (χ1v) is 11.6. The van der Waals surface area contributed by atoms with E-state index < -0.39 is 5.60 Å². The molecule has 2 unspecified atom stereocenters. The van der Waals surface area contributed by atoms with Gasteiger partial charge in [-0.25, -0.2) is 9.37 Å². The highest BCUT2D eigenvalue weighted by atomic mass is 35.5. The lowest BCUT2D eigenvalue weighted by molar-refractivity contribution is 0.00684. The zero-order chi connectivity index (χ0) is 24.6. The Morgan fingerprint density at radius 3 is 2.56 bits per heavy atom. The third-order valence-electron chi connectivity index (χ3n) is 6.93. The fourth-order valence-electron chi connectivity index (χ4n) is 5.28. The number of carbonyl (C=O) groups is 1. The van der Waals surface area contributed by atoms with E-state index in [1.807, 2.05) is 6.92 Å². The van der Waals surface area contributed by atoms with Crippen molar-refractivity contribution < 1.29 is 18.7 Å². The van der Waals surface area contributed by atoms with Gasteiger partial charge in [0.1, 0.15) is 23.0 Å². The Bertz CT molecular complexity index is 1180. The predicted molar refractivity (Wildman–Crippen MR) is 127 cm³/mol. The third-order valence-corrected chi connectivity index (χ3v) is 7.22. The molecular weight excluding hydrogens is 461 g/mol. The lowest BCUT2D eigenvalue weighted by Gasteiger charge is -2.20. The van der Waals surface area contributed by atoms with Crippen LogP contribution in [0.2, 0.25) is 5.02 Å². The van der Waals surface area contributed by atoms with Crippen molar-refractivity contribution in [3.05, 3.63) is 58.1 Å². The zero-order valence-electron chi connectivity index (χ0n) is 19.4. The molecule has 2 aliphatic carbocycles. The molecule has 0 aliphatic heterocycles. The molecular formula is C24H29ClFN5O3. The Labute approximate surface area is 202 Å². The van der Waals surface area contributed by atoms with Gasteiger partial charge < -0.3 is 20.6 Å². The number of hydrogen-bond donors (Lipinski definition) is 3. The Morgan fingerprint density at radius 1 is 1.35 bits per heavy atom. The van der Waals surface area contributed by atoms with Crippen LogP contribution in [0.3, 0.4) is 0 Å². The zero-order valence-corrected chi connectivity index (χ0v) is 20.1. The normalized spacial score (nSPS) is 25.5. The minimum atomic E-state index is -0.967. The molecule has 5 rings (SSSR count). The fourth-order valence-corrected chi connectivity index (χ4v) is 5.46. The number of oxazole rings is 1. The molecule has 2 heterocycles. The molecule has 2 aromatic heterocycles. The van der Waals surface area contributed by atoms with Gasteiger partial charge in [-0.05, 0) is 62.6 Å². The first kappa shape index (κ1) is 24.2. The van der Waals surface area contributed by atoms with E-state index in [2.05, 4.69) is 15.4 Å². The highest BCUT2D eigenvalue weighted by Gasteiger charge is 2.52. The van der Waals surface area contributed by atoms with Gasteiger partial charge in [0.15, 0.2) is 6.29 Å². The smallest absolute Gasteiger partial charge is 0.226 e. The van der Waals surface area contributed by atoms with Gasteiger partial charge in [-0.1, -0.05) is 11.6 Å². The Kier molecular flexibility index (Phi) is 6.69. The van der Waals surface area contributed by atoms with Gasteiger partial charge in [0.25, 0.3) is 0 Å². The van der Waals surface area contributed by atoms with Crippen molar-refractivity contribution in [1.29, 1.82) is 0 Å². The molecule has 4 N–H and O–H groups in total. The average Bonchev–Trinajstić information content (AvgIpc) is 3.54. The first-order chi connectivity index (χ1) is 16.1. The van der Waals surface area contributed by atoms with Crippen molar-refractivity contribution in [3.8, 4) is 0 Å². The van der Waals surface area contributed by atoms with Crippen molar-refractivity contribution >= 4 is 29.4 Å². The second-order valence-corrected chi connectivity index (χ2v) is 9.62. The van der Waals surface area contributed by atoms with E-state index in [4.69, 9.17) is 21.8 Å². The molecule has 0 amide bonds. The maximum Gasteiger partial charge on any atom is 0.226 e. The van der Waals surface area contributed by atoms with Gasteiger partial charge in [-0.15, -0.1) is 0 Å². The maximum absolute atomic E-state index is 12.5. The van der Waals surface area contributed by atoms with Crippen molar-refractivity contribution in [1.82, 2.24) is 14.8 Å². The minimum Gasteiger partial charge on any atom is -0.443 e. The number of aliphatic hydroxyl groups is 1. The van der Waals surface area contributed by atoms with Crippen LogP contribution in [0.1, 0.15) is 59.3 Å². The summed E-state index contributed by atoms with van der Waals surface area (Å²) < 4.78 is 19.6. The number of nitrogen functional groups attached to an aromatic ring is 1. The number of nitrogens with one attached hydrogen (secondary N) is 1. The third kappa shape index (κ3) is 4.54. The molecule has 0 saturated heterocycles. The minimum absolute atomic E-state index is 0.145. The van der Waals surface area contributed by atoms with E-state index in [1.54, 1.807) is 31.0 Å². The number of hydrogen-bond acceptors (Lipinski definition) is 7. The van der Waals surface area contributed by atoms with Crippen LogP contribution in [0.15, 0.2) is 28.8 Å². The standard InChI is InChI=1S/C17H22N4O3.C7H7ClFN/c1-9-7-19-16(24-9)17(23)5-11-3-10(4-12(11)6-17)14-13(8-22)15(18)21(2)20-14;1-10-5-2-3-7(9)6(8)4-5/h7-8,10-12,23H,3-6,18H2,1-2H3;2-4,10H,1H3. The Hall–Kier alpha value is -2.91. The monoisotopic (exact) mass is 489 g/mol. The topological polar surface area (TPSA) is 119 Å². The number of carbonyl (C=O) groups excluding carboxylic acids is 1. The molecule has 10 heteroatoms. The fraction of sp³-hybridized carbons (Fsp3) is 0.458. The van der Waals surface area contributed by atoms with Crippen molar-refractivity contribution in [2.45, 2.75) is 44.1 Å². The van der Waals surface area contributed by atoms with E-state index in [1.165, 1.54) is 12.1 Å². The number of nitrogens with zero attached hydrogens (tertiary/aromatic N) is 3. The summed E-state index contributed by atoms with van der Waals surface area (Å²) in [5.74, 6) is 2.17. The second-order valence-electron chi connectivity index (χ2n) is 9.21. The summed E-state index contributed by atoms with van der Waals surface area (Å²) in [5, 5.41) is 18.4. The summed E-state index contributed by atoms with van der Waals surface area (Å²) in [5.41, 5.74) is 7.09. The van der Waals surface area contributed by atoms with Gasteiger partial charge >= 0.3 is 0 Å². The first-order valence-electron chi connectivity index (χ1n) is 11.2. The SMILES string of the molecule is CNc1ccc(F)c(Cl)c1.Cc1cnc(C2(O)CC3CC(c4nn(C)c(N)c4C=O)CC3C2)o1. The summed E-state index contributed by atoms with van der Waals surface area (Å²) in [4.78, 5) is 15.6. The van der Waals surface area contributed by atoms with Crippen LogP contribution in [-0.2, 0) is 12.6 Å². The maximum atomic E-state index is 12.5. The van der Waals surface area contributed by atoms with E-state index in [-0.39, 0.29) is 16.8 Å². The van der Waals surface area contributed by atoms with Crippen LogP contribution in [-0.4, -0.2) is 33.2 Å². The Balaban J connectivity index is 0.000000231. The predicted octanol–water partition coefficient (Wildman–Crippen LogP) is 4.42. The molecule has 0 spiro atoms. The van der Waals surface area contributed by atoms with Gasteiger partial charge in [0, 0.05) is 25.7 Å². The van der Waals surface area contributed by atoms with Crippen LogP contribution in [0, 0.1) is 24.6 Å². The quantitative estimate of drug-likeness (QED) is 0.464. The molecule has 0 radical (unpaired) electrons. The largest absolute Gasteiger partial charge is 0.443 e. The highest BCUT2D eigenvalue weighted by Crippen LogP contribution is 2.56. The molecule has 182 valence electrons. The lowest BCUT2D eigenvalue weighted by atomic mass is 9.92. The van der Waals surface area contributed by atoms with Crippen molar-refractivity contribution in [3.63, 3.8) is 0 Å². The summed E-state index contributed by atoms with van der Waals surface area (Å²) in [7, 11) is 3.51. The molecule has 2 aliphatic rings. The number of fused-ring (bicyclic) bond motifs is 1. The number of aryl methyl sites for hydroxylation is 2. The van der Waals surface area contributed by atoms with Crippen molar-refractivity contribution in [2.75, 3.05) is 18.1 Å². The van der Waals surface area contributed by atoms with E-state index >= 15 is 0 Å². The Morgan fingerprint density at radius 2 is 2.03 bits per heavy atom. The summed E-state index contributed by atoms with van der Waals surface area (Å²) in [6.45, 7) is 1.83. The number of halogens is 2. The molecule has 34 heavy (non-hydrogen) atoms. The van der Waals surface area contributed by atoms with Crippen LogP contribution in [0.5, 0.6) is 0 Å². The number of aldehydes is 1. The van der Waals surface area contributed by atoms with E-state index in [9.17, 15) is 14.3 Å². The number of benzene rings is 1. The number of anilines is 2. The molecule has 2 saturated carbocycles. The summed E-state index contributed by atoms with van der Waals surface area (Å²) in [6.07, 6.45) is 5.56. The molecule has 1 aromatic carbocycles. The van der Waals surface area contributed by atoms with Crippen molar-refractivity contribution in [2.24, 2.45) is 18.9 Å². The number of rotatable bonds is 4. The number of aromatic nitrogens is 3. The highest BCUT2D eigenvalue weighted by molar-refractivity contribution is 6.31. The summed E-state index contributed by atoms with van der Waals surface area (Å²) >= 11 is 5.48. The molecule has 8 nitrogen and oxygen atoms in total. The second kappa shape index (κ2) is 9.38. The van der Waals surface area contributed by atoms with Gasteiger partial charge in [-0.3, -0.25) is 9.48 Å². The lowest BCUT2D eigenvalue weighted by Crippen LogP contribution is -2.23. The van der Waals surface area contributed by atoms with Gasteiger partial charge in [0.2, 0.25) is 5.89 Å². The molecule has 3 aromatic rings. The summed E-state index contributed by atoms with van der Waals surface area (Å²) in [6, 6.07) is 4.49. The molecule has 2 fully saturated rings. The van der Waals surface area contributed by atoms with Crippen LogP contribution in [0.25, 0.3) is 0 Å². The average molecular weight is 490 g/mol.